The van der Waals surface area contributed by atoms with E-state index in [0.717, 1.165) is 12.4 Å². The molecule has 2 atom stereocenters. The first kappa shape index (κ1) is 13.2. The number of tetrazole rings is 1. The zero-order chi connectivity index (χ0) is 13.8. The van der Waals surface area contributed by atoms with Crippen molar-refractivity contribution in [1.82, 2.24) is 25.3 Å². The summed E-state index contributed by atoms with van der Waals surface area (Å²) in [7, 11) is 0. The summed E-state index contributed by atoms with van der Waals surface area (Å²) in [5, 5.41) is 18.6. The van der Waals surface area contributed by atoms with Gasteiger partial charge in [-0.2, -0.15) is 0 Å². The summed E-state index contributed by atoms with van der Waals surface area (Å²) < 4.78 is 7.36. The van der Waals surface area contributed by atoms with Crippen molar-refractivity contribution in [1.29, 1.82) is 0 Å². The average molecular weight is 276 g/mol. The van der Waals surface area contributed by atoms with Crippen LogP contribution in [0.3, 0.4) is 0 Å². The van der Waals surface area contributed by atoms with Crippen LogP contribution in [-0.2, 0) is 4.74 Å². The molecule has 108 valence electrons. The van der Waals surface area contributed by atoms with E-state index in [4.69, 9.17) is 4.74 Å². The molecule has 1 aliphatic carbocycles. The second kappa shape index (κ2) is 6.13. The largest absolute Gasteiger partial charge is 0.376 e. The van der Waals surface area contributed by atoms with Crippen LogP contribution >= 0.6 is 0 Å². The van der Waals surface area contributed by atoms with E-state index in [9.17, 15) is 0 Å². The van der Waals surface area contributed by atoms with Crippen LogP contribution in [0, 0.1) is 5.92 Å². The van der Waals surface area contributed by atoms with E-state index in [0.29, 0.717) is 24.3 Å². The lowest BCUT2D eigenvalue weighted by Gasteiger charge is -2.28. The molecule has 1 fully saturated rings. The lowest BCUT2D eigenvalue weighted by Crippen LogP contribution is -2.27. The Morgan fingerprint density at radius 2 is 2.25 bits per heavy atom. The molecule has 1 saturated carbocycles. The minimum absolute atomic E-state index is 0.417. The highest BCUT2D eigenvalue weighted by atomic mass is 16.5. The lowest BCUT2D eigenvalue weighted by molar-refractivity contribution is 0.000367. The second-order valence-electron chi connectivity index (χ2n) is 5.34. The highest BCUT2D eigenvalue weighted by molar-refractivity contribution is 5.41. The van der Waals surface area contributed by atoms with Gasteiger partial charge in [-0.25, -0.2) is 0 Å². The highest BCUT2D eigenvalue weighted by Gasteiger charge is 2.21. The molecule has 0 unspecified atom stereocenters. The minimum Gasteiger partial charge on any atom is -0.376 e. The van der Waals surface area contributed by atoms with E-state index in [1.54, 1.807) is 0 Å². The number of nitrogens with one attached hydrogen (secondary N) is 1. The smallest absolute Gasteiger partial charge is 0.200 e. The fraction of sp³-hybridized carbons (Fsp3) is 0.692. The van der Waals surface area contributed by atoms with Gasteiger partial charge in [0.1, 0.15) is 5.82 Å². The molecule has 1 aliphatic rings. The first-order chi connectivity index (χ1) is 9.83. The Hall–Kier alpha value is -1.76. The molecule has 7 heteroatoms. The molecule has 0 bridgehead atoms. The standard InChI is InChI=1S/C13H20N6O/c1-10-4-2-3-5-11(10)20-9-8-14-12-6-7-13-15-17-18-19(13)16-12/h6-7,10-11H,2-5,8-9H2,1H3,(H,14,16)/t10-,11+/m0/s1. The van der Waals surface area contributed by atoms with E-state index in [1.807, 2.05) is 12.1 Å². The first-order valence-corrected chi connectivity index (χ1v) is 7.24. The number of ether oxygens (including phenoxy) is 1. The molecule has 0 saturated heterocycles. The van der Waals surface area contributed by atoms with Crippen molar-refractivity contribution < 1.29 is 4.74 Å². The molecule has 20 heavy (non-hydrogen) atoms. The van der Waals surface area contributed by atoms with E-state index in [-0.39, 0.29) is 0 Å². The maximum Gasteiger partial charge on any atom is 0.200 e. The summed E-state index contributed by atoms with van der Waals surface area (Å²) >= 11 is 0. The topological polar surface area (TPSA) is 77.2 Å². The van der Waals surface area contributed by atoms with Crippen LogP contribution in [0.25, 0.3) is 5.65 Å². The Bertz CT molecular complexity index is 557. The normalized spacial score (nSPS) is 23.1. The Morgan fingerprint density at radius 1 is 1.35 bits per heavy atom. The third kappa shape index (κ3) is 3.04. The van der Waals surface area contributed by atoms with Crippen LogP contribution in [-0.4, -0.2) is 44.5 Å². The number of fused-ring (bicyclic) bond motifs is 1. The Labute approximate surface area is 117 Å². The second-order valence-corrected chi connectivity index (χ2v) is 5.34. The van der Waals surface area contributed by atoms with Crippen LogP contribution in [0.15, 0.2) is 12.1 Å². The predicted octanol–water partition coefficient (Wildman–Crippen LogP) is 1.53. The molecule has 0 amide bonds. The van der Waals surface area contributed by atoms with Gasteiger partial charge in [0.05, 0.1) is 12.7 Å². The van der Waals surface area contributed by atoms with Gasteiger partial charge in [0.15, 0.2) is 5.65 Å². The third-order valence-corrected chi connectivity index (χ3v) is 3.84. The van der Waals surface area contributed by atoms with E-state index in [1.165, 1.54) is 30.3 Å². The fourth-order valence-electron chi connectivity index (χ4n) is 2.66. The predicted molar refractivity (Wildman–Crippen MR) is 74.4 cm³/mol. The van der Waals surface area contributed by atoms with Gasteiger partial charge in [-0.05, 0) is 41.3 Å². The Kier molecular flexibility index (Phi) is 4.05. The number of hydrogen-bond acceptors (Lipinski definition) is 6. The van der Waals surface area contributed by atoms with Crippen LogP contribution in [0.4, 0.5) is 5.82 Å². The first-order valence-electron chi connectivity index (χ1n) is 7.24. The molecule has 3 rings (SSSR count). The number of anilines is 1. The molecule has 1 N–H and O–H groups in total. The van der Waals surface area contributed by atoms with Crippen molar-refractivity contribution in [2.24, 2.45) is 5.92 Å². The van der Waals surface area contributed by atoms with Crippen LogP contribution in [0.2, 0.25) is 0 Å². The average Bonchev–Trinajstić information content (AvgIpc) is 2.93. The fourth-order valence-corrected chi connectivity index (χ4v) is 2.66. The van der Waals surface area contributed by atoms with E-state index < -0.39 is 0 Å². The zero-order valence-corrected chi connectivity index (χ0v) is 11.7. The molecule has 0 radical (unpaired) electrons. The minimum atomic E-state index is 0.417. The van der Waals surface area contributed by atoms with Gasteiger partial charge < -0.3 is 10.1 Å². The number of nitrogens with zero attached hydrogens (tertiary/aromatic N) is 5. The van der Waals surface area contributed by atoms with Gasteiger partial charge in [-0.1, -0.05) is 19.8 Å². The van der Waals surface area contributed by atoms with Crippen LogP contribution in [0.1, 0.15) is 32.6 Å². The Balaban J connectivity index is 1.45. The SMILES string of the molecule is C[C@H]1CCCC[C@H]1OCCNc1ccc2nnnn2n1. The molecule has 2 heterocycles. The summed E-state index contributed by atoms with van der Waals surface area (Å²) in [6.07, 6.45) is 5.53. The highest BCUT2D eigenvalue weighted by Crippen LogP contribution is 2.26. The maximum absolute atomic E-state index is 5.95. The van der Waals surface area contributed by atoms with Gasteiger partial charge in [0.25, 0.3) is 0 Å². The maximum atomic E-state index is 5.95. The van der Waals surface area contributed by atoms with Gasteiger partial charge in [0, 0.05) is 6.54 Å². The summed E-state index contributed by atoms with van der Waals surface area (Å²) in [5.41, 5.74) is 0.642. The summed E-state index contributed by atoms with van der Waals surface area (Å²) in [6.45, 7) is 3.72. The van der Waals surface area contributed by atoms with Crippen LogP contribution in [0.5, 0.6) is 0 Å². The number of rotatable bonds is 5. The molecule has 2 aromatic rings. The quantitative estimate of drug-likeness (QED) is 0.834. The molecule has 0 aromatic carbocycles. The van der Waals surface area contributed by atoms with Gasteiger partial charge in [-0.3, -0.25) is 0 Å². The van der Waals surface area contributed by atoms with Crippen molar-refractivity contribution in [3.63, 3.8) is 0 Å². The van der Waals surface area contributed by atoms with Crippen molar-refractivity contribution >= 4 is 11.5 Å². The van der Waals surface area contributed by atoms with Gasteiger partial charge >= 0.3 is 0 Å². The summed E-state index contributed by atoms with van der Waals surface area (Å²) in [5.74, 6) is 1.43. The molecular formula is C13H20N6O. The van der Waals surface area contributed by atoms with Crippen molar-refractivity contribution in [2.75, 3.05) is 18.5 Å². The van der Waals surface area contributed by atoms with Crippen molar-refractivity contribution in [3.8, 4) is 0 Å². The summed E-state index contributed by atoms with van der Waals surface area (Å²) in [6, 6.07) is 3.70. The van der Waals surface area contributed by atoms with E-state index >= 15 is 0 Å². The monoisotopic (exact) mass is 276 g/mol. The van der Waals surface area contributed by atoms with Crippen molar-refractivity contribution in [3.05, 3.63) is 12.1 Å². The number of aromatic nitrogens is 5. The molecule has 2 aromatic heterocycles. The zero-order valence-electron chi connectivity index (χ0n) is 11.7. The molecule has 0 spiro atoms. The van der Waals surface area contributed by atoms with Crippen molar-refractivity contribution in [2.45, 2.75) is 38.7 Å². The Morgan fingerprint density at radius 3 is 3.15 bits per heavy atom. The lowest BCUT2D eigenvalue weighted by atomic mass is 9.88. The molecule has 7 nitrogen and oxygen atoms in total. The molecule has 0 aliphatic heterocycles. The van der Waals surface area contributed by atoms with Gasteiger partial charge in [-0.15, -0.1) is 14.8 Å². The summed E-state index contributed by atoms with van der Waals surface area (Å²) in [4.78, 5) is 0. The van der Waals surface area contributed by atoms with E-state index in [2.05, 4.69) is 32.9 Å². The third-order valence-electron chi connectivity index (χ3n) is 3.84. The molecular weight excluding hydrogens is 256 g/mol. The number of hydrogen-bond donors (Lipinski definition) is 1. The van der Waals surface area contributed by atoms with Gasteiger partial charge in [0.2, 0.25) is 0 Å². The van der Waals surface area contributed by atoms with Crippen LogP contribution < -0.4 is 5.32 Å².